The first-order chi connectivity index (χ1) is 24.0. The number of allylic oxidation sites excluding steroid dienone is 7. The first-order valence-corrected chi connectivity index (χ1v) is 20.3. The summed E-state index contributed by atoms with van der Waals surface area (Å²) in [6.07, 6.45) is 45.2. The minimum Gasteiger partial charge on any atom is -0.462 e. The van der Waals surface area contributed by atoms with Crippen LogP contribution >= 0.6 is 0 Å². The van der Waals surface area contributed by atoms with Crippen molar-refractivity contribution in [2.45, 2.75) is 199 Å². The second kappa shape index (κ2) is 38.6. The predicted molar refractivity (Wildman–Crippen MR) is 206 cm³/mol. The van der Waals surface area contributed by atoms with Gasteiger partial charge in [0.15, 0.2) is 6.10 Å². The lowest BCUT2D eigenvalue weighted by Crippen LogP contribution is -2.28. The Balaban J connectivity index is 3.65. The number of aliphatic hydroxyl groups excluding tert-OH is 2. The van der Waals surface area contributed by atoms with Crippen LogP contribution < -0.4 is 0 Å². The van der Waals surface area contributed by atoms with Crippen molar-refractivity contribution in [3.63, 3.8) is 0 Å². The average Bonchev–Trinajstić information content (AvgIpc) is 3.09. The lowest BCUT2D eigenvalue weighted by Gasteiger charge is -2.15. The van der Waals surface area contributed by atoms with Gasteiger partial charge in [0.25, 0.3) is 0 Å². The standard InChI is InChI=1S/C43H76O6/c1-3-5-6-7-8-9-10-11-12-13-14-17-20-23-26-29-32-36-42(46)48-39-41(38-44)49-43(47)37-33-30-27-24-21-18-15-16-19-22-25-28-31-35-40(45)34-4-2/h15,18-19,22,24,27-28,31,40-41,44-45H,3-14,16-17,20-21,23,25-26,29-30,32-39H2,1-2H3/b18-15-,22-19-,27-24-,31-28-/t40?,41-/m0/s1. The monoisotopic (exact) mass is 689 g/mol. The molecule has 0 heterocycles. The third-order valence-electron chi connectivity index (χ3n) is 8.68. The van der Waals surface area contributed by atoms with Crippen molar-refractivity contribution < 1.29 is 29.3 Å². The molecule has 0 bridgehead atoms. The van der Waals surface area contributed by atoms with Crippen molar-refractivity contribution >= 4 is 11.9 Å². The van der Waals surface area contributed by atoms with E-state index in [2.05, 4.69) is 62.5 Å². The van der Waals surface area contributed by atoms with Gasteiger partial charge in [-0.2, -0.15) is 0 Å². The average molecular weight is 689 g/mol. The van der Waals surface area contributed by atoms with Gasteiger partial charge in [-0.15, -0.1) is 0 Å². The number of esters is 2. The molecule has 0 saturated heterocycles. The number of ether oxygens (including phenoxy) is 2. The van der Waals surface area contributed by atoms with Gasteiger partial charge in [0.05, 0.1) is 12.7 Å². The molecular formula is C43H76O6. The maximum atomic E-state index is 12.1. The summed E-state index contributed by atoms with van der Waals surface area (Å²) in [6.45, 7) is 3.90. The maximum Gasteiger partial charge on any atom is 0.306 e. The zero-order valence-electron chi connectivity index (χ0n) is 31.8. The van der Waals surface area contributed by atoms with Crippen LogP contribution in [0.4, 0.5) is 0 Å². The number of aliphatic hydroxyl groups is 2. The van der Waals surface area contributed by atoms with Gasteiger partial charge in [0.1, 0.15) is 6.61 Å². The second-order valence-electron chi connectivity index (χ2n) is 13.5. The Morgan fingerprint density at radius 3 is 1.49 bits per heavy atom. The lowest BCUT2D eigenvalue weighted by atomic mass is 10.0. The van der Waals surface area contributed by atoms with Crippen LogP contribution in [-0.2, 0) is 19.1 Å². The van der Waals surface area contributed by atoms with Crippen molar-refractivity contribution in [3.05, 3.63) is 48.6 Å². The highest BCUT2D eigenvalue weighted by molar-refractivity contribution is 5.70. The first-order valence-electron chi connectivity index (χ1n) is 20.3. The van der Waals surface area contributed by atoms with E-state index in [4.69, 9.17) is 9.47 Å². The Bertz CT molecular complexity index is 845. The molecule has 0 spiro atoms. The van der Waals surface area contributed by atoms with Gasteiger partial charge in [0, 0.05) is 12.8 Å². The molecule has 6 heteroatoms. The maximum absolute atomic E-state index is 12.1. The summed E-state index contributed by atoms with van der Waals surface area (Å²) in [5, 5.41) is 19.2. The van der Waals surface area contributed by atoms with E-state index in [-0.39, 0.29) is 37.7 Å². The molecule has 0 fully saturated rings. The van der Waals surface area contributed by atoms with Crippen molar-refractivity contribution in [1.29, 1.82) is 0 Å². The highest BCUT2D eigenvalue weighted by Crippen LogP contribution is 2.15. The van der Waals surface area contributed by atoms with Gasteiger partial charge in [-0.05, 0) is 51.4 Å². The van der Waals surface area contributed by atoms with Crippen molar-refractivity contribution in [3.8, 4) is 0 Å². The molecule has 1 unspecified atom stereocenters. The third-order valence-corrected chi connectivity index (χ3v) is 8.68. The van der Waals surface area contributed by atoms with E-state index in [1.54, 1.807) is 0 Å². The number of unbranched alkanes of at least 4 members (excludes halogenated alkanes) is 17. The third kappa shape index (κ3) is 36.9. The summed E-state index contributed by atoms with van der Waals surface area (Å²) in [6, 6.07) is 0. The van der Waals surface area contributed by atoms with Crippen LogP contribution in [-0.4, -0.2) is 47.6 Å². The molecule has 0 aromatic carbocycles. The Morgan fingerprint density at radius 2 is 1.00 bits per heavy atom. The quantitative estimate of drug-likeness (QED) is 0.0387. The minimum absolute atomic E-state index is 0.0959. The van der Waals surface area contributed by atoms with Crippen molar-refractivity contribution in [2.24, 2.45) is 0 Å². The number of rotatable bonds is 36. The summed E-state index contributed by atoms with van der Waals surface area (Å²) in [4.78, 5) is 24.2. The van der Waals surface area contributed by atoms with E-state index in [9.17, 15) is 19.8 Å². The largest absolute Gasteiger partial charge is 0.462 e. The Hall–Kier alpha value is -2.18. The van der Waals surface area contributed by atoms with E-state index in [0.717, 1.165) is 64.2 Å². The molecule has 0 aliphatic rings. The SMILES string of the molecule is CCCCCCCCCCCCCCCCCCCC(=O)OC[C@H](CO)OC(=O)CCC/C=C\C/C=C\C/C=C\C/C=C\CC(O)CCC. The van der Waals surface area contributed by atoms with Gasteiger partial charge in [-0.3, -0.25) is 9.59 Å². The molecule has 0 aliphatic heterocycles. The number of carbonyl (C=O) groups is 2. The zero-order chi connectivity index (χ0) is 35.9. The molecule has 0 aromatic heterocycles. The van der Waals surface area contributed by atoms with Crippen LogP contribution in [0, 0.1) is 0 Å². The van der Waals surface area contributed by atoms with E-state index in [1.165, 1.54) is 89.9 Å². The smallest absolute Gasteiger partial charge is 0.306 e. The van der Waals surface area contributed by atoms with Gasteiger partial charge in [-0.1, -0.05) is 172 Å². The summed E-state index contributed by atoms with van der Waals surface area (Å²) in [7, 11) is 0. The second-order valence-corrected chi connectivity index (χ2v) is 13.5. The highest BCUT2D eigenvalue weighted by atomic mass is 16.6. The lowest BCUT2D eigenvalue weighted by molar-refractivity contribution is -0.161. The van der Waals surface area contributed by atoms with Gasteiger partial charge in [0.2, 0.25) is 0 Å². The summed E-state index contributed by atoms with van der Waals surface area (Å²) in [5.74, 6) is -0.673. The Kier molecular flexibility index (Phi) is 36.9. The molecular weight excluding hydrogens is 612 g/mol. The molecule has 49 heavy (non-hydrogen) atoms. The van der Waals surface area contributed by atoms with E-state index >= 15 is 0 Å². The van der Waals surface area contributed by atoms with Crippen LogP contribution in [0.5, 0.6) is 0 Å². The van der Waals surface area contributed by atoms with Crippen LogP contribution in [0.15, 0.2) is 48.6 Å². The van der Waals surface area contributed by atoms with Crippen LogP contribution in [0.2, 0.25) is 0 Å². The van der Waals surface area contributed by atoms with Gasteiger partial charge in [-0.25, -0.2) is 0 Å². The van der Waals surface area contributed by atoms with Gasteiger partial charge >= 0.3 is 11.9 Å². The molecule has 2 N–H and O–H groups in total. The van der Waals surface area contributed by atoms with E-state index < -0.39 is 6.10 Å². The fourth-order valence-electron chi connectivity index (χ4n) is 5.62. The van der Waals surface area contributed by atoms with Crippen LogP contribution in [0.1, 0.15) is 187 Å². The van der Waals surface area contributed by atoms with E-state index in [0.29, 0.717) is 12.8 Å². The molecule has 284 valence electrons. The van der Waals surface area contributed by atoms with Crippen molar-refractivity contribution in [2.75, 3.05) is 13.2 Å². The topological polar surface area (TPSA) is 93.1 Å². The molecule has 2 atom stereocenters. The molecule has 0 amide bonds. The fraction of sp³-hybridized carbons (Fsp3) is 0.767. The first kappa shape index (κ1) is 46.8. The van der Waals surface area contributed by atoms with Crippen LogP contribution in [0.3, 0.4) is 0 Å². The number of hydrogen-bond acceptors (Lipinski definition) is 6. The Morgan fingerprint density at radius 1 is 0.551 bits per heavy atom. The predicted octanol–water partition coefficient (Wildman–Crippen LogP) is 11.6. The molecule has 0 aromatic rings. The molecule has 0 radical (unpaired) electrons. The summed E-state index contributed by atoms with van der Waals surface area (Å²) >= 11 is 0. The zero-order valence-corrected chi connectivity index (χ0v) is 31.8. The summed E-state index contributed by atoms with van der Waals surface area (Å²) < 4.78 is 10.6. The van der Waals surface area contributed by atoms with Crippen LogP contribution in [0.25, 0.3) is 0 Å². The molecule has 0 saturated carbocycles. The molecule has 0 rings (SSSR count). The molecule has 0 aliphatic carbocycles. The minimum atomic E-state index is -0.809. The number of hydrogen-bond donors (Lipinski definition) is 2. The Labute approximate surface area is 301 Å². The fourth-order valence-corrected chi connectivity index (χ4v) is 5.62. The normalized spacial score (nSPS) is 13.3. The van der Waals surface area contributed by atoms with Gasteiger partial charge < -0.3 is 19.7 Å². The van der Waals surface area contributed by atoms with E-state index in [1.807, 2.05) is 0 Å². The summed E-state index contributed by atoms with van der Waals surface area (Å²) in [5.41, 5.74) is 0. The number of carbonyl (C=O) groups excluding carboxylic acids is 2. The van der Waals surface area contributed by atoms with Crippen molar-refractivity contribution in [1.82, 2.24) is 0 Å². The highest BCUT2D eigenvalue weighted by Gasteiger charge is 2.16. The molecule has 6 nitrogen and oxygen atoms in total.